The molecule has 0 spiro atoms. The van der Waals surface area contributed by atoms with Crippen LogP contribution in [0.25, 0.3) is 0 Å². The quantitative estimate of drug-likeness (QED) is 0.647. The lowest BCUT2D eigenvalue weighted by Gasteiger charge is -2.34. The van der Waals surface area contributed by atoms with Gasteiger partial charge in [0.05, 0.1) is 0 Å². The van der Waals surface area contributed by atoms with Crippen molar-refractivity contribution in [3.05, 3.63) is 48.6 Å². The van der Waals surface area contributed by atoms with E-state index in [2.05, 4.69) is 55.5 Å². The standard InChI is InChI=1S/C20H26/c1-14(17-12-10-15-6-2-4-8-19(15)17)18-13-11-16-7-3-5-9-20(16)18/h2-9,14-20H,10-13H2,1H3. The van der Waals surface area contributed by atoms with Gasteiger partial charge >= 0.3 is 0 Å². The highest BCUT2D eigenvalue weighted by atomic mass is 14.5. The lowest BCUT2D eigenvalue weighted by Crippen LogP contribution is -2.28. The first-order valence-electron chi connectivity index (χ1n) is 8.54. The minimum Gasteiger partial charge on any atom is -0.0808 e. The Morgan fingerprint density at radius 3 is 1.60 bits per heavy atom. The van der Waals surface area contributed by atoms with E-state index in [1.165, 1.54) is 25.7 Å². The SMILES string of the molecule is CC(C1CCC2C=CC=CC21)C1CCC2C=CC=CC21. The topological polar surface area (TPSA) is 0 Å². The third-order valence-electron chi connectivity index (χ3n) is 6.60. The van der Waals surface area contributed by atoms with Gasteiger partial charge in [-0.2, -0.15) is 0 Å². The Hall–Kier alpha value is -1.04. The van der Waals surface area contributed by atoms with Gasteiger partial charge in [-0.3, -0.25) is 0 Å². The molecule has 4 rings (SSSR count). The molecule has 0 aromatic carbocycles. The van der Waals surface area contributed by atoms with Gasteiger partial charge in [0, 0.05) is 0 Å². The van der Waals surface area contributed by atoms with Crippen LogP contribution in [0.2, 0.25) is 0 Å². The first-order valence-corrected chi connectivity index (χ1v) is 8.54. The zero-order valence-corrected chi connectivity index (χ0v) is 12.5. The molecule has 2 fully saturated rings. The molecule has 0 nitrogen and oxygen atoms in total. The lowest BCUT2D eigenvalue weighted by molar-refractivity contribution is 0.187. The molecule has 0 bridgehead atoms. The molecule has 0 amide bonds. The second kappa shape index (κ2) is 5.06. The third kappa shape index (κ3) is 1.96. The van der Waals surface area contributed by atoms with Crippen molar-refractivity contribution in [2.45, 2.75) is 32.6 Å². The Morgan fingerprint density at radius 1 is 0.650 bits per heavy atom. The van der Waals surface area contributed by atoms with Gasteiger partial charge in [-0.25, -0.2) is 0 Å². The summed E-state index contributed by atoms with van der Waals surface area (Å²) < 4.78 is 0. The Kier molecular flexibility index (Phi) is 3.21. The second-order valence-electron chi connectivity index (χ2n) is 7.36. The van der Waals surface area contributed by atoms with Gasteiger partial charge in [-0.1, -0.05) is 55.5 Å². The van der Waals surface area contributed by atoms with Gasteiger partial charge < -0.3 is 0 Å². The molecule has 106 valence electrons. The van der Waals surface area contributed by atoms with Crippen LogP contribution in [0.3, 0.4) is 0 Å². The monoisotopic (exact) mass is 266 g/mol. The highest BCUT2D eigenvalue weighted by Gasteiger charge is 2.44. The third-order valence-corrected chi connectivity index (χ3v) is 6.60. The summed E-state index contributed by atoms with van der Waals surface area (Å²) in [6.45, 7) is 2.55. The van der Waals surface area contributed by atoms with Crippen LogP contribution in [0, 0.1) is 41.4 Å². The molecule has 2 saturated carbocycles. The van der Waals surface area contributed by atoms with Gasteiger partial charge in [-0.05, 0) is 67.1 Å². The fourth-order valence-electron chi connectivity index (χ4n) is 5.54. The van der Waals surface area contributed by atoms with Crippen LogP contribution < -0.4 is 0 Å². The maximum Gasteiger partial charge on any atom is -0.0136 e. The Balaban J connectivity index is 1.52. The molecule has 0 aromatic heterocycles. The van der Waals surface area contributed by atoms with Crippen LogP contribution >= 0.6 is 0 Å². The van der Waals surface area contributed by atoms with Gasteiger partial charge in [-0.15, -0.1) is 0 Å². The fraction of sp³-hybridized carbons (Fsp3) is 0.600. The fourth-order valence-corrected chi connectivity index (χ4v) is 5.54. The summed E-state index contributed by atoms with van der Waals surface area (Å²) in [5.74, 6) is 6.06. The second-order valence-corrected chi connectivity index (χ2v) is 7.36. The van der Waals surface area contributed by atoms with E-state index < -0.39 is 0 Å². The molecule has 0 radical (unpaired) electrons. The predicted molar refractivity (Wildman–Crippen MR) is 85.1 cm³/mol. The molecule has 6 atom stereocenters. The molecule has 0 saturated heterocycles. The molecule has 6 unspecified atom stereocenters. The zero-order valence-electron chi connectivity index (χ0n) is 12.5. The summed E-state index contributed by atoms with van der Waals surface area (Å²) in [6.07, 6.45) is 24.7. The Labute approximate surface area is 123 Å². The number of fused-ring (bicyclic) bond motifs is 2. The van der Waals surface area contributed by atoms with E-state index in [1.807, 2.05) is 0 Å². The summed E-state index contributed by atoms with van der Waals surface area (Å²) in [5, 5.41) is 0. The first-order chi connectivity index (χ1) is 9.84. The molecule has 0 heterocycles. The average Bonchev–Trinajstić information content (AvgIpc) is 3.11. The van der Waals surface area contributed by atoms with Crippen molar-refractivity contribution < 1.29 is 0 Å². The highest BCUT2D eigenvalue weighted by molar-refractivity contribution is 5.20. The molecule has 0 N–H and O–H groups in total. The number of allylic oxidation sites excluding steroid dienone is 8. The molecule has 4 aliphatic rings. The van der Waals surface area contributed by atoms with Crippen molar-refractivity contribution in [3.63, 3.8) is 0 Å². The largest absolute Gasteiger partial charge is 0.0808 e. The smallest absolute Gasteiger partial charge is 0.0136 e. The minimum atomic E-state index is 0.831. The predicted octanol–water partition coefficient (Wildman–Crippen LogP) is 5.16. The summed E-state index contributed by atoms with van der Waals surface area (Å²) in [7, 11) is 0. The van der Waals surface area contributed by atoms with Gasteiger partial charge in [0.25, 0.3) is 0 Å². The number of hydrogen-bond acceptors (Lipinski definition) is 0. The van der Waals surface area contributed by atoms with Crippen molar-refractivity contribution in [2.24, 2.45) is 41.4 Å². The maximum absolute atomic E-state index is 2.55. The number of hydrogen-bond donors (Lipinski definition) is 0. The van der Waals surface area contributed by atoms with Crippen LogP contribution in [0.5, 0.6) is 0 Å². The average molecular weight is 266 g/mol. The van der Waals surface area contributed by atoms with Crippen molar-refractivity contribution in [2.75, 3.05) is 0 Å². The van der Waals surface area contributed by atoms with E-state index in [4.69, 9.17) is 0 Å². The molecule has 4 aliphatic carbocycles. The Morgan fingerprint density at radius 2 is 1.10 bits per heavy atom. The lowest BCUT2D eigenvalue weighted by atomic mass is 9.70. The summed E-state index contributed by atoms with van der Waals surface area (Å²) in [4.78, 5) is 0. The Bertz CT molecular complexity index is 434. The summed E-state index contributed by atoms with van der Waals surface area (Å²) in [5.41, 5.74) is 0. The van der Waals surface area contributed by atoms with E-state index in [1.54, 1.807) is 0 Å². The molecule has 20 heavy (non-hydrogen) atoms. The number of rotatable bonds is 2. The van der Waals surface area contributed by atoms with Gasteiger partial charge in [0.15, 0.2) is 0 Å². The van der Waals surface area contributed by atoms with Crippen LogP contribution in [-0.2, 0) is 0 Å². The van der Waals surface area contributed by atoms with Crippen LogP contribution in [0.4, 0.5) is 0 Å². The van der Waals surface area contributed by atoms with E-state index in [0.29, 0.717) is 0 Å². The van der Waals surface area contributed by atoms with Crippen LogP contribution in [0.1, 0.15) is 32.6 Å². The molecular formula is C20H26. The summed E-state index contributed by atoms with van der Waals surface area (Å²) in [6, 6.07) is 0. The van der Waals surface area contributed by atoms with E-state index in [0.717, 1.165) is 41.4 Å². The van der Waals surface area contributed by atoms with Crippen molar-refractivity contribution in [1.29, 1.82) is 0 Å². The van der Waals surface area contributed by atoms with Crippen LogP contribution in [0.15, 0.2) is 48.6 Å². The molecule has 0 aromatic rings. The van der Waals surface area contributed by atoms with Crippen molar-refractivity contribution >= 4 is 0 Å². The molecular weight excluding hydrogens is 240 g/mol. The normalized spacial score (nSPS) is 46.5. The zero-order chi connectivity index (χ0) is 13.5. The molecule has 0 heteroatoms. The van der Waals surface area contributed by atoms with Crippen LogP contribution in [-0.4, -0.2) is 0 Å². The maximum atomic E-state index is 2.55. The summed E-state index contributed by atoms with van der Waals surface area (Å²) >= 11 is 0. The minimum absolute atomic E-state index is 0.831. The highest BCUT2D eigenvalue weighted by Crippen LogP contribution is 2.52. The first kappa shape index (κ1) is 12.7. The van der Waals surface area contributed by atoms with E-state index >= 15 is 0 Å². The van der Waals surface area contributed by atoms with Gasteiger partial charge in [0.2, 0.25) is 0 Å². The molecule has 0 aliphatic heterocycles. The van der Waals surface area contributed by atoms with Crippen molar-refractivity contribution in [1.82, 2.24) is 0 Å². The van der Waals surface area contributed by atoms with E-state index in [9.17, 15) is 0 Å². The van der Waals surface area contributed by atoms with Crippen molar-refractivity contribution in [3.8, 4) is 0 Å². The van der Waals surface area contributed by atoms with E-state index in [-0.39, 0.29) is 0 Å². The van der Waals surface area contributed by atoms with Gasteiger partial charge in [0.1, 0.15) is 0 Å².